The Labute approximate surface area is 129 Å². The van der Waals surface area contributed by atoms with Crippen LogP contribution in [-0.4, -0.2) is 54.4 Å². The number of hydrogen-bond donors (Lipinski definition) is 0. The maximum Gasteiger partial charge on any atom is 0.260 e. The highest BCUT2D eigenvalue weighted by Crippen LogP contribution is 2.15. The van der Waals surface area contributed by atoms with Crippen LogP contribution in [0.3, 0.4) is 0 Å². The van der Waals surface area contributed by atoms with Gasteiger partial charge in [0.15, 0.2) is 6.61 Å². The molecule has 2 rings (SSSR count). The van der Waals surface area contributed by atoms with Crippen molar-refractivity contribution >= 4 is 23.4 Å². The van der Waals surface area contributed by atoms with E-state index in [4.69, 9.17) is 16.3 Å². The minimum absolute atomic E-state index is 0.00169. The lowest BCUT2D eigenvalue weighted by Crippen LogP contribution is -2.38. The summed E-state index contributed by atoms with van der Waals surface area (Å²) in [5, 5.41) is 0.630. The number of benzene rings is 1. The highest BCUT2D eigenvalue weighted by Gasteiger charge is 2.20. The van der Waals surface area contributed by atoms with Gasteiger partial charge in [-0.3, -0.25) is 9.59 Å². The minimum Gasteiger partial charge on any atom is -0.484 e. The average Bonchev–Trinajstić information content (AvgIpc) is 2.72. The molecule has 1 aliphatic rings. The predicted octanol–water partition coefficient (Wildman–Crippen LogP) is 1.80. The lowest BCUT2D eigenvalue weighted by atomic mass is 10.3. The first-order chi connectivity index (χ1) is 10.1. The Kier molecular flexibility index (Phi) is 5.44. The molecule has 0 N–H and O–H groups in total. The zero-order chi connectivity index (χ0) is 15.2. The molecule has 1 heterocycles. The van der Waals surface area contributed by atoms with Crippen molar-refractivity contribution in [2.45, 2.75) is 13.3 Å². The molecule has 0 atom stereocenters. The Morgan fingerprint density at radius 3 is 2.38 bits per heavy atom. The van der Waals surface area contributed by atoms with E-state index in [2.05, 4.69) is 0 Å². The van der Waals surface area contributed by atoms with Crippen molar-refractivity contribution in [2.75, 3.05) is 32.8 Å². The van der Waals surface area contributed by atoms with E-state index < -0.39 is 0 Å². The van der Waals surface area contributed by atoms with Gasteiger partial charge in [-0.2, -0.15) is 0 Å². The normalized spacial score (nSPS) is 15.5. The van der Waals surface area contributed by atoms with Crippen molar-refractivity contribution in [1.82, 2.24) is 9.80 Å². The number of ether oxygens (including phenoxy) is 1. The molecule has 1 fully saturated rings. The largest absolute Gasteiger partial charge is 0.484 e. The van der Waals surface area contributed by atoms with Crippen molar-refractivity contribution in [2.24, 2.45) is 0 Å². The third-order valence-corrected chi connectivity index (χ3v) is 3.72. The maximum atomic E-state index is 12.1. The van der Waals surface area contributed by atoms with Crippen molar-refractivity contribution in [3.05, 3.63) is 29.3 Å². The molecular formula is C15H19ClN2O3. The molecule has 1 aromatic rings. The smallest absolute Gasteiger partial charge is 0.260 e. The van der Waals surface area contributed by atoms with Gasteiger partial charge in [0.25, 0.3) is 5.91 Å². The summed E-state index contributed by atoms with van der Waals surface area (Å²) in [6.07, 6.45) is 0.798. The quantitative estimate of drug-likeness (QED) is 0.855. The van der Waals surface area contributed by atoms with Crippen LogP contribution in [0.1, 0.15) is 13.3 Å². The highest BCUT2D eigenvalue weighted by molar-refractivity contribution is 6.30. The summed E-state index contributed by atoms with van der Waals surface area (Å²) in [5.41, 5.74) is 0. The van der Waals surface area contributed by atoms with E-state index in [0.717, 1.165) is 6.42 Å². The van der Waals surface area contributed by atoms with Gasteiger partial charge in [0, 0.05) is 38.1 Å². The number of rotatable bonds is 3. The molecule has 0 aromatic heterocycles. The van der Waals surface area contributed by atoms with Crippen LogP contribution in [0, 0.1) is 0 Å². The molecule has 1 saturated heterocycles. The van der Waals surface area contributed by atoms with Gasteiger partial charge in [-0.05, 0) is 30.7 Å². The second-order valence-electron chi connectivity index (χ2n) is 4.98. The monoisotopic (exact) mass is 310 g/mol. The van der Waals surface area contributed by atoms with E-state index >= 15 is 0 Å². The molecular weight excluding hydrogens is 292 g/mol. The van der Waals surface area contributed by atoms with E-state index in [-0.39, 0.29) is 18.4 Å². The number of nitrogens with zero attached hydrogens (tertiary/aromatic N) is 2. The summed E-state index contributed by atoms with van der Waals surface area (Å²) in [6, 6.07) is 6.90. The van der Waals surface area contributed by atoms with Crippen LogP contribution >= 0.6 is 11.6 Å². The van der Waals surface area contributed by atoms with Crippen molar-refractivity contribution in [1.29, 1.82) is 0 Å². The van der Waals surface area contributed by atoms with Gasteiger partial charge >= 0.3 is 0 Å². The summed E-state index contributed by atoms with van der Waals surface area (Å²) in [7, 11) is 0. The molecule has 114 valence electrons. The van der Waals surface area contributed by atoms with E-state index in [0.29, 0.717) is 37.0 Å². The molecule has 0 radical (unpaired) electrons. The highest BCUT2D eigenvalue weighted by atomic mass is 35.5. The van der Waals surface area contributed by atoms with Crippen LogP contribution in [0.4, 0.5) is 0 Å². The third kappa shape index (κ3) is 4.63. The van der Waals surface area contributed by atoms with E-state index in [1.807, 2.05) is 0 Å². The molecule has 6 heteroatoms. The zero-order valence-corrected chi connectivity index (χ0v) is 12.8. The minimum atomic E-state index is -0.0599. The fourth-order valence-corrected chi connectivity index (χ4v) is 2.37. The Morgan fingerprint density at radius 2 is 1.71 bits per heavy atom. The molecule has 1 aliphatic heterocycles. The molecule has 1 aromatic carbocycles. The molecule has 0 aliphatic carbocycles. The lowest BCUT2D eigenvalue weighted by Gasteiger charge is -2.21. The zero-order valence-electron chi connectivity index (χ0n) is 12.0. The van der Waals surface area contributed by atoms with Gasteiger partial charge in [0.05, 0.1) is 0 Å². The van der Waals surface area contributed by atoms with Gasteiger partial charge in [-0.1, -0.05) is 11.6 Å². The maximum absolute atomic E-state index is 12.1. The first-order valence-electron chi connectivity index (χ1n) is 6.98. The summed E-state index contributed by atoms with van der Waals surface area (Å²) in [5.74, 6) is 0.616. The van der Waals surface area contributed by atoms with Gasteiger partial charge in [-0.25, -0.2) is 0 Å². The lowest BCUT2D eigenvalue weighted by molar-refractivity contribution is -0.134. The fraction of sp³-hybridized carbons (Fsp3) is 0.467. The van der Waals surface area contributed by atoms with Crippen molar-refractivity contribution in [3.63, 3.8) is 0 Å². The molecule has 0 spiro atoms. The molecule has 0 bridgehead atoms. The Balaban J connectivity index is 1.83. The Bertz CT molecular complexity index is 504. The first-order valence-corrected chi connectivity index (χ1v) is 7.36. The van der Waals surface area contributed by atoms with E-state index in [1.54, 1.807) is 41.0 Å². The van der Waals surface area contributed by atoms with Gasteiger partial charge < -0.3 is 14.5 Å². The predicted molar refractivity (Wildman–Crippen MR) is 80.4 cm³/mol. The number of amides is 2. The topological polar surface area (TPSA) is 49.9 Å². The van der Waals surface area contributed by atoms with Gasteiger partial charge in [0.2, 0.25) is 5.91 Å². The molecule has 0 saturated carbocycles. The van der Waals surface area contributed by atoms with E-state index in [9.17, 15) is 9.59 Å². The second kappa shape index (κ2) is 7.31. The summed E-state index contributed by atoms with van der Waals surface area (Å²) >= 11 is 5.79. The van der Waals surface area contributed by atoms with Gasteiger partial charge in [-0.15, -0.1) is 0 Å². The third-order valence-electron chi connectivity index (χ3n) is 3.47. The van der Waals surface area contributed by atoms with Crippen molar-refractivity contribution < 1.29 is 14.3 Å². The number of hydrogen-bond acceptors (Lipinski definition) is 3. The summed E-state index contributed by atoms with van der Waals surface area (Å²) in [4.78, 5) is 27.0. The van der Waals surface area contributed by atoms with Crippen LogP contribution in [0.2, 0.25) is 5.02 Å². The number of carbonyl (C=O) groups excluding carboxylic acids is 2. The molecule has 0 unspecified atom stereocenters. The SMILES string of the molecule is CC(=O)N1CCCN(C(=O)COc2ccc(Cl)cc2)CC1. The van der Waals surface area contributed by atoms with Crippen LogP contribution < -0.4 is 4.74 Å². The first kappa shape index (κ1) is 15.6. The summed E-state index contributed by atoms with van der Waals surface area (Å²) < 4.78 is 5.46. The number of halogens is 1. The molecule has 5 nitrogen and oxygen atoms in total. The van der Waals surface area contributed by atoms with Gasteiger partial charge in [0.1, 0.15) is 5.75 Å². The average molecular weight is 311 g/mol. The van der Waals surface area contributed by atoms with Crippen LogP contribution in [0.5, 0.6) is 5.75 Å². The fourth-order valence-electron chi connectivity index (χ4n) is 2.25. The Morgan fingerprint density at radius 1 is 1.10 bits per heavy atom. The van der Waals surface area contributed by atoms with Crippen LogP contribution in [-0.2, 0) is 9.59 Å². The van der Waals surface area contributed by atoms with Crippen molar-refractivity contribution in [3.8, 4) is 5.75 Å². The van der Waals surface area contributed by atoms with Crippen LogP contribution in [0.25, 0.3) is 0 Å². The summed E-state index contributed by atoms with van der Waals surface area (Å²) in [6.45, 7) is 4.07. The molecule has 2 amide bonds. The van der Waals surface area contributed by atoms with Crippen LogP contribution in [0.15, 0.2) is 24.3 Å². The van der Waals surface area contributed by atoms with E-state index in [1.165, 1.54) is 0 Å². The molecule has 21 heavy (non-hydrogen) atoms. The second-order valence-corrected chi connectivity index (χ2v) is 5.42. The Hall–Kier alpha value is -1.75. The standard InChI is InChI=1S/C15H19ClN2O3/c1-12(19)17-7-2-8-18(10-9-17)15(20)11-21-14-5-3-13(16)4-6-14/h3-6H,2,7-11H2,1H3. The number of carbonyl (C=O) groups is 2.